The van der Waals surface area contributed by atoms with E-state index in [1.165, 1.54) is 13.8 Å². The molecule has 1 aromatic carbocycles. The fourth-order valence-corrected chi connectivity index (χ4v) is 4.38. The zero-order chi connectivity index (χ0) is 28.6. The highest BCUT2D eigenvalue weighted by Crippen LogP contribution is 2.45. The minimum absolute atomic E-state index is 0.0182. The number of ether oxygens (including phenoxy) is 4. The van der Waals surface area contributed by atoms with Crippen LogP contribution in [0.2, 0.25) is 0 Å². The Morgan fingerprint density at radius 2 is 1.16 bits per heavy atom. The van der Waals surface area contributed by atoms with Gasteiger partial charge in [0.1, 0.15) is 71.6 Å². The standard InChI is InChI=1S/C24H36O14/c1-7(2)13(27)12-14(28)8(3)21(37-23-19(33)17(31)15(29)10(5-25)35-23)9(4)22(12)38-24-20(34)18(32)16(30)11(6-26)36-24/h7,10-11,15-20,23-26,28-34H,5-6H2,1-4H3. The van der Waals surface area contributed by atoms with Gasteiger partial charge in [0.2, 0.25) is 12.6 Å². The van der Waals surface area contributed by atoms with Gasteiger partial charge in [-0.1, -0.05) is 13.8 Å². The van der Waals surface area contributed by atoms with E-state index in [9.17, 15) is 50.8 Å². The van der Waals surface area contributed by atoms with E-state index in [-0.39, 0.29) is 28.2 Å². The summed E-state index contributed by atoms with van der Waals surface area (Å²) in [5.41, 5.74) is -0.226. The van der Waals surface area contributed by atoms with E-state index < -0.39 is 92.1 Å². The normalized spacial score (nSPS) is 35.8. The molecular formula is C24H36O14. The van der Waals surface area contributed by atoms with Crippen molar-refractivity contribution in [2.75, 3.05) is 13.2 Å². The van der Waals surface area contributed by atoms with Gasteiger partial charge in [0, 0.05) is 17.0 Å². The molecular weight excluding hydrogens is 512 g/mol. The average Bonchev–Trinajstić information content (AvgIpc) is 2.89. The Hall–Kier alpha value is -2.11. The summed E-state index contributed by atoms with van der Waals surface area (Å²) >= 11 is 0. The first-order valence-corrected chi connectivity index (χ1v) is 12.1. The van der Waals surface area contributed by atoms with Crippen LogP contribution in [0.25, 0.3) is 0 Å². The topological polar surface area (TPSA) is 236 Å². The summed E-state index contributed by atoms with van der Waals surface area (Å²) < 4.78 is 22.3. The highest BCUT2D eigenvalue weighted by molar-refractivity contribution is 6.03. The van der Waals surface area contributed by atoms with E-state index in [4.69, 9.17) is 18.9 Å². The molecule has 2 aliphatic rings. The van der Waals surface area contributed by atoms with Crippen LogP contribution in [0.5, 0.6) is 17.2 Å². The van der Waals surface area contributed by atoms with E-state index in [1.54, 1.807) is 13.8 Å². The van der Waals surface area contributed by atoms with Crippen molar-refractivity contribution in [1.29, 1.82) is 0 Å². The molecule has 0 saturated carbocycles. The van der Waals surface area contributed by atoms with Gasteiger partial charge in [0.05, 0.1) is 13.2 Å². The number of aliphatic hydroxyl groups is 8. The molecule has 0 bridgehead atoms. The Balaban J connectivity index is 2.09. The van der Waals surface area contributed by atoms with Crippen LogP contribution in [0.1, 0.15) is 35.3 Å². The Labute approximate surface area is 218 Å². The first-order valence-electron chi connectivity index (χ1n) is 12.1. The van der Waals surface area contributed by atoms with Gasteiger partial charge < -0.3 is 64.9 Å². The number of ketones is 1. The van der Waals surface area contributed by atoms with Crippen LogP contribution >= 0.6 is 0 Å². The molecule has 14 nitrogen and oxygen atoms in total. The van der Waals surface area contributed by atoms with E-state index in [1.807, 2.05) is 0 Å². The third-order valence-corrected chi connectivity index (χ3v) is 6.78. The van der Waals surface area contributed by atoms with Crippen LogP contribution in [0.3, 0.4) is 0 Å². The first-order chi connectivity index (χ1) is 17.8. The molecule has 0 spiro atoms. The molecule has 10 atom stereocenters. The van der Waals surface area contributed by atoms with Crippen molar-refractivity contribution >= 4 is 5.78 Å². The summed E-state index contributed by atoms with van der Waals surface area (Å²) in [6.07, 6.45) is -16.4. The van der Waals surface area contributed by atoms with Crippen molar-refractivity contribution in [1.82, 2.24) is 0 Å². The van der Waals surface area contributed by atoms with Gasteiger partial charge in [-0.05, 0) is 13.8 Å². The number of rotatable bonds is 8. The number of carbonyl (C=O) groups is 1. The number of aromatic hydroxyl groups is 1. The molecule has 1 aromatic rings. The minimum Gasteiger partial charge on any atom is -0.507 e. The molecule has 2 heterocycles. The minimum atomic E-state index is -1.83. The molecule has 0 aliphatic carbocycles. The third kappa shape index (κ3) is 5.47. The lowest BCUT2D eigenvalue weighted by Crippen LogP contribution is -2.60. The van der Waals surface area contributed by atoms with Crippen molar-refractivity contribution in [2.45, 2.75) is 89.1 Å². The summed E-state index contributed by atoms with van der Waals surface area (Å²) in [4.78, 5) is 13.1. The van der Waals surface area contributed by atoms with Crippen molar-refractivity contribution in [3.63, 3.8) is 0 Å². The number of phenols is 1. The number of aliphatic hydroxyl groups excluding tert-OH is 8. The zero-order valence-corrected chi connectivity index (χ0v) is 21.3. The molecule has 2 saturated heterocycles. The number of hydrogen-bond donors (Lipinski definition) is 9. The maximum absolute atomic E-state index is 13.1. The van der Waals surface area contributed by atoms with Crippen LogP contribution in [0, 0.1) is 19.8 Å². The summed E-state index contributed by atoms with van der Waals surface area (Å²) in [5, 5.41) is 91.2. The van der Waals surface area contributed by atoms with Gasteiger partial charge >= 0.3 is 0 Å². The maximum Gasteiger partial charge on any atom is 0.229 e. The predicted octanol–water partition coefficient (Wildman–Crippen LogP) is -2.79. The maximum atomic E-state index is 13.1. The molecule has 0 radical (unpaired) electrons. The van der Waals surface area contributed by atoms with E-state index in [0.29, 0.717) is 0 Å². The quantitative estimate of drug-likeness (QED) is 0.149. The molecule has 3 rings (SSSR count). The van der Waals surface area contributed by atoms with Crippen molar-refractivity contribution in [2.24, 2.45) is 5.92 Å². The monoisotopic (exact) mass is 548 g/mol. The Bertz CT molecular complexity index is 995. The molecule has 9 N–H and O–H groups in total. The Morgan fingerprint density at radius 3 is 1.55 bits per heavy atom. The summed E-state index contributed by atoms with van der Waals surface area (Å²) in [5.74, 6) is -2.25. The van der Waals surface area contributed by atoms with Gasteiger partial charge in [-0.2, -0.15) is 0 Å². The fraction of sp³-hybridized carbons (Fsp3) is 0.708. The zero-order valence-electron chi connectivity index (χ0n) is 21.3. The summed E-state index contributed by atoms with van der Waals surface area (Å²) in [6.45, 7) is 4.52. The summed E-state index contributed by atoms with van der Waals surface area (Å²) in [7, 11) is 0. The van der Waals surface area contributed by atoms with Crippen LogP contribution in [-0.4, -0.2) is 126 Å². The van der Waals surface area contributed by atoms with Gasteiger partial charge in [-0.25, -0.2) is 0 Å². The molecule has 14 heteroatoms. The highest BCUT2D eigenvalue weighted by atomic mass is 16.7. The number of carbonyl (C=O) groups excluding carboxylic acids is 1. The Kier molecular flexibility index (Phi) is 9.58. The van der Waals surface area contributed by atoms with E-state index in [0.717, 1.165) is 0 Å². The second-order valence-corrected chi connectivity index (χ2v) is 9.78. The molecule has 38 heavy (non-hydrogen) atoms. The second-order valence-electron chi connectivity index (χ2n) is 9.78. The lowest BCUT2D eigenvalue weighted by Gasteiger charge is -2.41. The number of Topliss-reactive ketones (excluding diaryl/α,β-unsaturated/α-hetero) is 1. The molecule has 10 unspecified atom stereocenters. The van der Waals surface area contributed by atoms with Crippen molar-refractivity contribution < 1.29 is 69.7 Å². The largest absolute Gasteiger partial charge is 0.507 e. The second kappa shape index (κ2) is 12.0. The number of phenolic OH excluding ortho intramolecular Hbond substituents is 1. The molecule has 216 valence electrons. The average molecular weight is 549 g/mol. The van der Waals surface area contributed by atoms with E-state index >= 15 is 0 Å². The predicted molar refractivity (Wildman–Crippen MR) is 126 cm³/mol. The SMILES string of the molecule is Cc1c(O)c(C(=O)C(C)C)c(OC2OC(CO)C(O)C(O)C2O)c(C)c1OC1OC(CO)C(O)C(O)C1O. The van der Waals surface area contributed by atoms with Crippen molar-refractivity contribution in [3.05, 3.63) is 16.7 Å². The lowest BCUT2D eigenvalue weighted by molar-refractivity contribution is -0.279. The van der Waals surface area contributed by atoms with Crippen LogP contribution in [0.15, 0.2) is 0 Å². The van der Waals surface area contributed by atoms with Gasteiger partial charge in [0.25, 0.3) is 0 Å². The van der Waals surface area contributed by atoms with Gasteiger partial charge in [0.15, 0.2) is 5.78 Å². The Morgan fingerprint density at radius 1 is 0.737 bits per heavy atom. The van der Waals surface area contributed by atoms with Gasteiger partial charge in [-0.15, -0.1) is 0 Å². The lowest BCUT2D eigenvalue weighted by atomic mass is 9.93. The van der Waals surface area contributed by atoms with E-state index in [2.05, 4.69) is 0 Å². The molecule has 0 amide bonds. The molecule has 0 aromatic heterocycles. The summed E-state index contributed by atoms with van der Waals surface area (Å²) in [6, 6.07) is 0. The smallest absolute Gasteiger partial charge is 0.229 e. The number of benzene rings is 1. The fourth-order valence-electron chi connectivity index (χ4n) is 4.38. The molecule has 2 fully saturated rings. The number of hydrogen-bond acceptors (Lipinski definition) is 14. The van der Waals surface area contributed by atoms with Crippen LogP contribution < -0.4 is 9.47 Å². The highest BCUT2D eigenvalue weighted by Gasteiger charge is 2.47. The van der Waals surface area contributed by atoms with Crippen molar-refractivity contribution in [3.8, 4) is 17.2 Å². The van der Waals surface area contributed by atoms with Crippen LogP contribution in [-0.2, 0) is 9.47 Å². The van der Waals surface area contributed by atoms with Crippen LogP contribution in [0.4, 0.5) is 0 Å². The third-order valence-electron chi connectivity index (χ3n) is 6.78. The van der Waals surface area contributed by atoms with Gasteiger partial charge in [-0.3, -0.25) is 4.79 Å². The molecule has 2 aliphatic heterocycles. The first kappa shape index (κ1) is 30.4.